The minimum absolute atomic E-state index is 0.911. The molecule has 132 valence electrons. The van der Waals surface area contributed by atoms with E-state index in [1.165, 1.54) is 44.1 Å². The van der Waals surface area contributed by atoms with Gasteiger partial charge in [0, 0.05) is 11.8 Å². The van der Waals surface area contributed by atoms with Crippen molar-refractivity contribution in [2.45, 2.75) is 58.2 Å². The maximum absolute atomic E-state index is 4.85. The summed E-state index contributed by atoms with van der Waals surface area (Å²) in [5, 5.41) is 1.58. The van der Waals surface area contributed by atoms with E-state index in [9.17, 15) is 0 Å². The molecular weight excluding hydrogens is 318 g/mol. The van der Waals surface area contributed by atoms with Crippen LogP contribution in [0.15, 0.2) is 42.6 Å². The van der Waals surface area contributed by atoms with Crippen LogP contribution in [-0.2, 0) is 6.42 Å². The number of fused-ring (bicyclic) bond motifs is 3. The van der Waals surface area contributed by atoms with E-state index in [0.717, 1.165) is 23.4 Å². The molecule has 2 aromatic rings. The van der Waals surface area contributed by atoms with Crippen molar-refractivity contribution >= 4 is 13.3 Å². The van der Waals surface area contributed by atoms with Gasteiger partial charge < -0.3 is 0 Å². The molecule has 0 N–H and O–H groups in total. The topological polar surface area (TPSA) is 12.9 Å². The van der Waals surface area contributed by atoms with Gasteiger partial charge in [0.15, 0.2) is 0 Å². The fourth-order valence-electron chi connectivity index (χ4n) is 5.16. The van der Waals surface area contributed by atoms with Crippen LogP contribution < -0.4 is 5.19 Å². The van der Waals surface area contributed by atoms with Gasteiger partial charge in [-0.15, -0.1) is 0 Å². The van der Waals surface area contributed by atoms with Crippen LogP contribution in [0.3, 0.4) is 0 Å². The number of rotatable bonds is 4. The van der Waals surface area contributed by atoms with E-state index in [2.05, 4.69) is 62.2 Å². The molecule has 0 aliphatic heterocycles. The second-order valence-corrected chi connectivity index (χ2v) is 14.4. The highest BCUT2D eigenvalue weighted by molar-refractivity contribution is 6.89. The van der Waals surface area contributed by atoms with Crippen molar-refractivity contribution in [3.63, 3.8) is 0 Å². The van der Waals surface area contributed by atoms with E-state index in [-0.39, 0.29) is 0 Å². The van der Waals surface area contributed by atoms with Crippen molar-refractivity contribution in [1.82, 2.24) is 4.98 Å². The molecule has 2 bridgehead atoms. The van der Waals surface area contributed by atoms with Crippen LogP contribution >= 0.6 is 0 Å². The third-order valence-corrected chi connectivity index (χ3v) is 8.61. The molecule has 1 nitrogen and oxygen atoms in total. The normalized spacial score (nSPS) is 26.0. The molecule has 0 amide bonds. The van der Waals surface area contributed by atoms with Crippen LogP contribution in [-0.4, -0.2) is 13.1 Å². The number of hydrogen-bond acceptors (Lipinski definition) is 1. The van der Waals surface area contributed by atoms with Crippen molar-refractivity contribution in [2.75, 3.05) is 0 Å². The van der Waals surface area contributed by atoms with Crippen molar-refractivity contribution in [2.24, 2.45) is 17.8 Å². The Kier molecular flexibility index (Phi) is 4.57. The SMILES string of the molecule is C[Si](C)(C)c1cnc(-c2ccccc2)cc1CC1CC2CCC1CC2. The van der Waals surface area contributed by atoms with Gasteiger partial charge in [0.2, 0.25) is 0 Å². The van der Waals surface area contributed by atoms with Crippen LogP contribution in [0, 0.1) is 17.8 Å². The van der Waals surface area contributed by atoms with E-state index >= 15 is 0 Å². The quantitative estimate of drug-likeness (QED) is 0.649. The second-order valence-electron chi connectivity index (χ2n) is 9.32. The van der Waals surface area contributed by atoms with Crippen LogP contribution in [0.4, 0.5) is 0 Å². The van der Waals surface area contributed by atoms with Gasteiger partial charge in [0.05, 0.1) is 13.8 Å². The molecule has 3 aliphatic rings. The molecule has 3 aliphatic carbocycles. The molecule has 0 radical (unpaired) electrons. The van der Waals surface area contributed by atoms with Crippen LogP contribution in [0.25, 0.3) is 11.3 Å². The predicted octanol–water partition coefficient (Wildman–Crippen LogP) is 5.66. The summed E-state index contributed by atoms with van der Waals surface area (Å²) >= 11 is 0. The predicted molar refractivity (Wildman–Crippen MR) is 110 cm³/mol. The molecule has 0 saturated heterocycles. The zero-order valence-electron chi connectivity index (χ0n) is 16.0. The van der Waals surface area contributed by atoms with Gasteiger partial charge in [-0.3, -0.25) is 4.98 Å². The Morgan fingerprint density at radius 1 is 1.00 bits per heavy atom. The largest absolute Gasteiger partial charge is 0.256 e. The highest BCUT2D eigenvalue weighted by Crippen LogP contribution is 2.46. The average Bonchev–Trinajstić information content (AvgIpc) is 2.62. The first-order chi connectivity index (χ1) is 12.0. The number of benzene rings is 1. The Labute approximate surface area is 153 Å². The van der Waals surface area contributed by atoms with Gasteiger partial charge in [0.25, 0.3) is 0 Å². The van der Waals surface area contributed by atoms with Crippen molar-refractivity contribution < 1.29 is 0 Å². The summed E-state index contributed by atoms with van der Waals surface area (Å²) in [5.41, 5.74) is 4.00. The number of hydrogen-bond donors (Lipinski definition) is 0. The molecule has 1 aromatic carbocycles. The number of aromatic nitrogens is 1. The molecule has 1 aromatic heterocycles. The lowest BCUT2D eigenvalue weighted by molar-refractivity contribution is 0.0992. The van der Waals surface area contributed by atoms with E-state index in [1.54, 1.807) is 10.8 Å². The van der Waals surface area contributed by atoms with Gasteiger partial charge in [0.1, 0.15) is 0 Å². The fourth-order valence-corrected chi connectivity index (χ4v) is 6.75. The number of pyridine rings is 1. The van der Waals surface area contributed by atoms with Crippen LogP contribution in [0.5, 0.6) is 0 Å². The van der Waals surface area contributed by atoms with Gasteiger partial charge in [-0.2, -0.15) is 0 Å². The lowest BCUT2D eigenvalue weighted by Gasteiger charge is -2.43. The first-order valence-electron chi connectivity index (χ1n) is 10.1. The first-order valence-corrected chi connectivity index (χ1v) is 13.6. The standard InChI is InChI=1S/C23H31NSi/c1-25(2,3)23-16-24-22(19-7-5-4-6-8-19)15-21(23)14-20-13-17-9-11-18(20)12-10-17/h4-8,15-18,20H,9-14H2,1-3H3. The third-order valence-electron chi connectivity index (χ3n) is 6.54. The maximum Gasteiger partial charge on any atom is 0.0799 e. The fraction of sp³-hybridized carbons (Fsp3) is 0.522. The summed E-state index contributed by atoms with van der Waals surface area (Å²) in [6.07, 6.45) is 10.9. The Hall–Kier alpha value is -1.41. The van der Waals surface area contributed by atoms with Crippen molar-refractivity contribution in [3.05, 3.63) is 48.2 Å². The highest BCUT2D eigenvalue weighted by Gasteiger charge is 2.36. The summed E-state index contributed by atoms with van der Waals surface area (Å²) in [6.45, 7) is 7.38. The Morgan fingerprint density at radius 3 is 2.32 bits per heavy atom. The van der Waals surface area contributed by atoms with Crippen molar-refractivity contribution in [3.8, 4) is 11.3 Å². The summed E-state index contributed by atoms with van der Waals surface area (Å²) in [7, 11) is -1.37. The zero-order valence-corrected chi connectivity index (χ0v) is 17.0. The van der Waals surface area contributed by atoms with Gasteiger partial charge in [-0.05, 0) is 60.3 Å². The molecule has 3 fully saturated rings. The molecule has 1 atom stereocenters. The minimum Gasteiger partial charge on any atom is -0.256 e. The maximum atomic E-state index is 4.85. The monoisotopic (exact) mass is 349 g/mol. The zero-order chi connectivity index (χ0) is 17.4. The summed E-state index contributed by atoms with van der Waals surface area (Å²) in [4.78, 5) is 4.85. The first kappa shape index (κ1) is 17.0. The summed E-state index contributed by atoms with van der Waals surface area (Å²) < 4.78 is 0. The van der Waals surface area contributed by atoms with Crippen LogP contribution in [0.1, 0.15) is 37.7 Å². The third kappa shape index (κ3) is 3.60. The molecular formula is C23H31NSi. The minimum atomic E-state index is -1.37. The molecule has 0 spiro atoms. The smallest absolute Gasteiger partial charge is 0.0799 e. The number of nitrogens with zero attached hydrogens (tertiary/aromatic N) is 1. The van der Waals surface area contributed by atoms with E-state index in [4.69, 9.17) is 4.98 Å². The van der Waals surface area contributed by atoms with Crippen LogP contribution in [0.2, 0.25) is 19.6 Å². The molecule has 5 rings (SSSR count). The van der Waals surface area contributed by atoms with E-state index in [1.807, 2.05) is 0 Å². The summed E-state index contributed by atoms with van der Waals surface area (Å²) in [5.74, 6) is 2.90. The van der Waals surface area contributed by atoms with Gasteiger partial charge in [-0.25, -0.2) is 0 Å². The van der Waals surface area contributed by atoms with Gasteiger partial charge >= 0.3 is 0 Å². The second kappa shape index (κ2) is 6.72. The molecule has 1 heterocycles. The molecule has 3 saturated carbocycles. The Morgan fingerprint density at radius 2 is 1.72 bits per heavy atom. The van der Waals surface area contributed by atoms with E-state index < -0.39 is 8.07 Å². The molecule has 25 heavy (non-hydrogen) atoms. The average molecular weight is 350 g/mol. The Balaban J connectivity index is 1.68. The molecule has 2 heteroatoms. The van der Waals surface area contributed by atoms with Gasteiger partial charge in [-0.1, -0.05) is 62.8 Å². The Bertz CT molecular complexity index is 724. The lowest BCUT2D eigenvalue weighted by Crippen LogP contribution is -2.42. The highest BCUT2D eigenvalue weighted by atomic mass is 28.3. The van der Waals surface area contributed by atoms with Crippen molar-refractivity contribution in [1.29, 1.82) is 0 Å². The lowest BCUT2D eigenvalue weighted by atomic mass is 9.63. The summed E-state index contributed by atoms with van der Waals surface area (Å²) in [6, 6.07) is 13.1. The molecule has 1 unspecified atom stereocenters. The van der Waals surface area contributed by atoms with E-state index in [0.29, 0.717) is 0 Å².